The third-order valence-corrected chi connectivity index (χ3v) is 6.30. The molecule has 0 fully saturated rings. The molecule has 1 atom stereocenters. The minimum atomic E-state index is -0.548. The highest BCUT2D eigenvalue weighted by molar-refractivity contribution is 7.99. The summed E-state index contributed by atoms with van der Waals surface area (Å²) in [4.78, 5) is 28.5. The van der Waals surface area contributed by atoms with Gasteiger partial charge in [-0.1, -0.05) is 53.9 Å². The molecule has 2 amide bonds. The van der Waals surface area contributed by atoms with E-state index in [1.807, 2.05) is 20.8 Å². The van der Waals surface area contributed by atoms with Gasteiger partial charge in [-0.05, 0) is 50.1 Å². The molecule has 0 bridgehead atoms. The van der Waals surface area contributed by atoms with Crippen LogP contribution in [0.5, 0.6) is 0 Å². The first-order chi connectivity index (χ1) is 14.3. The minimum absolute atomic E-state index is 0.0706. The molecule has 2 aromatic rings. The van der Waals surface area contributed by atoms with Crippen molar-refractivity contribution in [3.05, 3.63) is 63.6 Å². The van der Waals surface area contributed by atoms with Crippen molar-refractivity contribution in [3.63, 3.8) is 0 Å². The van der Waals surface area contributed by atoms with Crippen molar-refractivity contribution in [1.82, 2.24) is 10.2 Å². The molecule has 0 aliphatic heterocycles. The van der Waals surface area contributed by atoms with Crippen molar-refractivity contribution in [2.24, 2.45) is 0 Å². The highest BCUT2D eigenvalue weighted by Crippen LogP contribution is 2.25. The average Bonchev–Trinajstić information content (AvgIpc) is 2.71. The maximum atomic E-state index is 13.1. The van der Waals surface area contributed by atoms with Crippen LogP contribution in [0.4, 0.5) is 0 Å². The summed E-state index contributed by atoms with van der Waals surface area (Å²) in [6.45, 7) is 6.60. The van der Waals surface area contributed by atoms with Crippen LogP contribution in [0.15, 0.2) is 47.4 Å². The van der Waals surface area contributed by atoms with Crippen LogP contribution in [-0.4, -0.2) is 35.1 Å². The number of nitrogens with one attached hydrogen (secondary N) is 1. The fraction of sp³-hybridized carbons (Fsp3) is 0.391. The normalized spacial score (nSPS) is 11.8. The van der Waals surface area contributed by atoms with Gasteiger partial charge in [0.15, 0.2) is 0 Å². The molecule has 2 aromatic carbocycles. The van der Waals surface area contributed by atoms with Gasteiger partial charge in [-0.3, -0.25) is 9.59 Å². The number of halogens is 2. The first kappa shape index (κ1) is 24.6. The van der Waals surface area contributed by atoms with E-state index in [0.29, 0.717) is 35.2 Å². The number of aryl methyl sites for hydroxylation is 1. The summed E-state index contributed by atoms with van der Waals surface area (Å²) >= 11 is 14.0. The van der Waals surface area contributed by atoms with Crippen LogP contribution in [0.2, 0.25) is 10.0 Å². The Labute approximate surface area is 193 Å². The van der Waals surface area contributed by atoms with E-state index in [1.54, 1.807) is 34.9 Å². The largest absolute Gasteiger partial charge is 0.355 e. The number of hydrogen-bond donors (Lipinski definition) is 1. The highest BCUT2D eigenvalue weighted by atomic mass is 35.5. The molecule has 2 rings (SSSR count). The minimum Gasteiger partial charge on any atom is -0.355 e. The number of carbonyl (C=O) groups excluding carboxylic acids is 2. The summed E-state index contributed by atoms with van der Waals surface area (Å²) in [5.41, 5.74) is 1.97. The summed E-state index contributed by atoms with van der Waals surface area (Å²) in [5, 5.41) is 3.86. The number of nitrogens with zero attached hydrogens (tertiary/aromatic N) is 1. The smallest absolute Gasteiger partial charge is 0.242 e. The number of thioether (sulfide) groups is 1. The van der Waals surface area contributed by atoms with E-state index in [4.69, 9.17) is 23.2 Å². The van der Waals surface area contributed by atoms with Gasteiger partial charge in [-0.2, -0.15) is 0 Å². The van der Waals surface area contributed by atoms with Gasteiger partial charge in [0.05, 0.1) is 0 Å². The van der Waals surface area contributed by atoms with Gasteiger partial charge in [-0.15, -0.1) is 11.8 Å². The van der Waals surface area contributed by atoms with Gasteiger partial charge in [0, 0.05) is 40.2 Å². The number of carbonyl (C=O) groups is 2. The van der Waals surface area contributed by atoms with Crippen molar-refractivity contribution >= 4 is 46.8 Å². The SMILES string of the molecule is CCNC(=O)[C@H](CC)N(Cc1ccc(Cl)cc1Cl)C(=O)CCSc1ccc(C)cc1. The fourth-order valence-corrected chi connectivity index (χ4v) is 4.39. The lowest BCUT2D eigenvalue weighted by molar-refractivity contribution is -0.141. The van der Waals surface area contributed by atoms with Crippen molar-refractivity contribution in [2.75, 3.05) is 12.3 Å². The molecule has 0 aliphatic rings. The monoisotopic (exact) mass is 466 g/mol. The maximum Gasteiger partial charge on any atom is 0.242 e. The maximum absolute atomic E-state index is 13.1. The van der Waals surface area contributed by atoms with E-state index >= 15 is 0 Å². The number of rotatable bonds is 10. The number of amides is 2. The molecule has 4 nitrogen and oxygen atoms in total. The predicted octanol–water partition coefficient (Wildman–Crippen LogP) is 5.73. The Morgan fingerprint density at radius 3 is 2.40 bits per heavy atom. The van der Waals surface area contributed by atoms with Gasteiger partial charge in [0.2, 0.25) is 11.8 Å². The van der Waals surface area contributed by atoms with Gasteiger partial charge in [-0.25, -0.2) is 0 Å². The van der Waals surface area contributed by atoms with Crippen molar-refractivity contribution in [1.29, 1.82) is 0 Å². The molecule has 0 heterocycles. The lowest BCUT2D eigenvalue weighted by atomic mass is 10.1. The van der Waals surface area contributed by atoms with E-state index in [0.717, 1.165) is 10.5 Å². The molecule has 162 valence electrons. The third-order valence-electron chi connectivity index (χ3n) is 4.70. The summed E-state index contributed by atoms with van der Waals surface area (Å²) in [6.07, 6.45) is 0.855. The molecule has 0 aromatic heterocycles. The molecule has 0 radical (unpaired) electrons. The quantitative estimate of drug-likeness (QED) is 0.454. The highest BCUT2D eigenvalue weighted by Gasteiger charge is 2.28. The van der Waals surface area contributed by atoms with Crippen LogP contribution in [0.1, 0.15) is 37.8 Å². The Morgan fingerprint density at radius 1 is 1.10 bits per heavy atom. The Kier molecular flexibility index (Phi) is 10.0. The molecule has 0 saturated carbocycles. The topological polar surface area (TPSA) is 49.4 Å². The van der Waals surface area contributed by atoms with Gasteiger partial charge in [0.1, 0.15) is 6.04 Å². The Morgan fingerprint density at radius 2 is 1.80 bits per heavy atom. The second-order valence-electron chi connectivity index (χ2n) is 6.99. The van der Waals surface area contributed by atoms with Crippen LogP contribution in [0.25, 0.3) is 0 Å². The number of benzene rings is 2. The van der Waals surface area contributed by atoms with Crippen LogP contribution in [0, 0.1) is 6.92 Å². The molecule has 7 heteroatoms. The zero-order valence-electron chi connectivity index (χ0n) is 17.6. The second kappa shape index (κ2) is 12.2. The molecule has 0 saturated heterocycles. The molecule has 0 unspecified atom stereocenters. The Bertz CT molecular complexity index is 859. The van der Waals surface area contributed by atoms with Crippen molar-refractivity contribution < 1.29 is 9.59 Å². The molecule has 0 spiro atoms. The fourth-order valence-electron chi connectivity index (χ4n) is 3.08. The molecule has 1 N–H and O–H groups in total. The zero-order chi connectivity index (χ0) is 22.1. The Balaban J connectivity index is 2.14. The molecular formula is C23H28Cl2N2O2S. The average molecular weight is 467 g/mol. The van der Waals surface area contributed by atoms with Crippen LogP contribution < -0.4 is 5.32 Å². The van der Waals surface area contributed by atoms with Gasteiger partial charge in [0.25, 0.3) is 0 Å². The number of hydrogen-bond acceptors (Lipinski definition) is 3. The van der Waals surface area contributed by atoms with E-state index in [9.17, 15) is 9.59 Å². The first-order valence-corrected chi connectivity index (χ1v) is 11.8. The second-order valence-corrected chi connectivity index (χ2v) is 9.00. The first-order valence-electron chi connectivity index (χ1n) is 10.1. The zero-order valence-corrected chi connectivity index (χ0v) is 19.9. The lowest BCUT2D eigenvalue weighted by Gasteiger charge is -2.31. The van der Waals surface area contributed by atoms with Crippen molar-refractivity contribution in [3.8, 4) is 0 Å². The molecule has 30 heavy (non-hydrogen) atoms. The third kappa shape index (κ3) is 7.22. The lowest BCUT2D eigenvalue weighted by Crippen LogP contribution is -2.49. The summed E-state index contributed by atoms with van der Waals surface area (Å²) in [7, 11) is 0. The molecule has 0 aliphatic carbocycles. The standard InChI is InChI=1S/C23H28Cl2N2O2S/c1-4-21(23(29)26-5-2)27(15-17-8-9-18(24)14-20(17)25)22(28)12-13-30-19-10-6-16(3)7-11-19/h6-11,14,21H,4-5,12-13,15H2,1-3H3,(H,26,29)/t21-/m0/s1. The van der Waals surface area contributed by atoms with Crippen molar-refractivity contribution in [2.45, 2.75) is 51.1 Å². The van der Waals surface area contributed by atoms with Gasteiger partial charge < -0.3 is 10.2 Å². The van der Waals surface area contributed by atoms with Crippen LogP contribution in [0.3, 0.4) is 0 Å². The van der Waals surface area contributed by atoms with E-state index in [2.05, 4.69) is 29.6 Å². The van der Waals surface area contributed by atoms with Crippen LogP contribution in [-0.2, 0) is 16.1 Å². The molecular weight excluding hydrogens is 439 g/mol. The summed E-state index contributed by atoms with van der Waals surface area (Å²) in [5.74, 6) is 0.418. The van der Waals surface area contributed by atoms with Gasteiger partial charge >= 0.3 is 0 Å². The van der Waals surface area contributed by atoms with E-state index < -0.39 is 6.04 Å². The predicted molar refractivity (Wildman–Crippen MR) is 126 cm³/mol. The Hall–Kier alpha value is -1.69. The number of likely N-dealkylation sites (N-methyl/N-ethyl adjacent to an activating group) is 1. The summed E-state index contributed by atoms with van der Waals surface area (Å²) < 4.78 is 0. The van der Waals surface area contributed by atoms with Crippen LogP contribution >= 0.6 is 35.0 Å². The van der Waals surface area contributed by atoms with E-state index in [1.165, 1.54) is 5.56 Å². The summed E-state index contributed by atoms with van der Waals surface area (Å²) in [6, 6.07) is 12.9. The van der Waals surface area contributed by atoms with E-state index in [-0.39, 0.29) is 18.4 Å².